The quantitative estimate of drug-likeness (QED) is 0.798. The summed E-state index contributed by atoms with van der Waals surface area (Å²) < 4.78 is 0. The average molecular weight is 271 g/mol. The summed E-state index contributed by atoms with van der Waals surface area (Å²) in [6.45, 7) is 3.88. The maximum Gasteiger partial charge on any atom is 0.253 e. The molecule has 2 aliphatic rings. The van der Waals surface area contributed by atoms with E-state index in [-0.39, 0.29) is 5.91 Å². The number of amides is 1. The van der Waals surface area contributed by atoms with Gasteiger partial charge in [0.05, 0.1) is 5.52 Å². The van der Waals surface area contributed by atoms with Gasteiger partial charge in [-0.1, -0.05) is 5.21 Å². The standard InChI is InChI=1S/C14H17N5O/c20-14(9-1-2-12-13(5-9)17-18-16-12)19-4-3-10-6-15-7-11(10)8-19/h1-2,5,10-11,15H,3-4,6-8H2,(H,16,17,18)/t10-,11+/m0/s1. The van der Waals surface area contributed by atoms with Gasteiger partial charge in [0.1, 0.15) is 5.52 Å². The molecule has 2 fully saturated rings. The van der Waals surface area contributed by atoms with Gasteiger partial charge < -0.3 is 10.2 Å². The number of nitrogens with one attached hydrogen (secondary N) is 2. The molecular formula is C14H17N5O. The highest BCUT2D eigenvalue weighted by atomic mass is 16.2. The second-order valence-electron chi connectivity index (χ2n) is 5.76. The molecule has 0 aliphatic carbocycles. The van der Waals surface area contributed by atoms with Crippen molar-refractivity contribution < 1.29 is 4.79 Å². The minimum absolute atomic E-state index is 0.111. The van der Waals surface area contributed by atoms with Crippen LogP contribution in [0.1, 0.15) is 16.8 Å². The monoisotopic (exact) mass is 271 g/mol. The first-order valence-electron chi connectivity index (χ1n) is 7.12. The lowest BCUT2D eigenvalue weighted by Crippen LogP contribution is -2.43. The number of carbonyl (C=O) groups excluding carboxylic acids is 1. The van der Waals surface area contributed by atoms with Crippen LogP contribution in [0.25, 0.3) is 11.0 Å². The highest BCUT2D eigenvalue weighted by molar-refractivity contribution is 5.97. The highest BCUT2D eigenvalue weighted by Gasteiger charge is 2.34. The fourth-order valence-corrected chi connectivity index (χ4v) is 3.38. The molecule has 0 bridgehead atoms. The van der Waals surface area contributed by atoms with Crippen molar-refractivity contribution in [3.05, 3.63) is 23.8 Å². The molecule has 0 unspecified atom stereocenters. The lowest BCUT2D eigenvalue weighted by Gasteiger charge is -2.34. The number of benzene rings is 1. The third kappa shape index (κ3) is 1.87. The Bertz CT molecular complexity index is 652. The molecule has 104 valence electrons. The summed E-state index contributed by atoms with van der Waals surface area (Å²) in [4.78, 5) is 14.6. The van der Waals surface area contributed by atoms with Gasteiger partial charge in [-0.25, -0.2) is 0 Å². The van der Waals surface area contributed by atoms with Crippen LogP contribution in [0.2, 0.25) is 0 Å². The van der Waals surface area contributed by atoms with Gasteiger partial charge in [-0.2, -0.15) is 0 Å². The van der Waals surface area contributed by atoms with Gasteiger partial charge in [-0.05, 0) is 49.5 Å². The Morgan fingerprint density at radius 1 is 1.30 bits per heavy atom. The van der Waals surface area contributed by atoms with E-state index in [1.165, 1.54) is 0 Å². The molecule has 4 rings (SSSR count). The molecular weight excluding hydrogens is 254 g/mol. The predicted molar refractivity (Wildman–Crippen MR) is 74.3 cm³/mol. The summed E-state index contributed by atoms with van der Waals surface area (Å²) in [6.07, 6.45) is 1.11. The maximum absolute atomic E-state index is 12.6. The minimum atomic E-state index is 0.111. The first-order valence-corrected chi connectivity index (χ1v) is 7.12. The number of aromatic nitrogens is 3. The van der Waals surface area contributed by atoms with Crippen molar-refractivity contribution in [2.45, 2.75) is 6.42 Å². The van der Waals surface area contributed by atoms with Gasteiger partial charge in [0.15, 0.2) is 0 Å². The van der Waals surface area contributed by atoms with E-state index in [0.717, 1.165) is 49.6 Å². The van der Waals surface area contributed by atoms with Crippen molar-refractivity contribution in [2.24, 2.45) is 11.8 Å². The van der Waals surface area contributed by atoms with Crippen molar-refractivity contribution in [2.75, 3.05) is 26.2 Å². The molecule has 20 heavy (non-hydrogen) atoms. The van der Waals surface area contributed by atoms with Crippen molar-refractivity contribution >= 4 is 16.9 Å². The fourth-order valence-electron chi connectivity index (χ4n) is 3.38. The summed E-state index contributed by atoms with van der Waals surface area (Å²) in [5.41, 5.74) is 2.31. The number of H-pyrrole nitrogens is 1. The Morgan fingerprint density at radius 2 is 2.20 bits per heavy atom. The lowest BCUT2D eigenvalue weighted by molar-refractivity contribution is 0.0642. The van der Waals surface area contributed by atoms with E-state index in [1.807, 2.05) is 23.1 Å². The summed E-state index contributed by atoms with van der Waals surface area (Å²) in [5.74, 6) is 1.47. The Balaban J connectivity index is 1.56. The Labute approximate surface area is 116 Å². The van der Waals surface area contributed by atoms with Crippen LogP contribution in [0.3, 0.4) is 0 Å². The van der Waals surface area contributed by atoms with E-state index in [4.69, 9.17) is 0 Å². The summed E-state index contributed by atoms with van der Waals surface area (Å²) >= 11 is 0. The smallest absolute Gasteiger partial charge is 0.253 e. The summed E-state index contributed by atoms with van der Waals surface area (Å²) in [7, 11) is 0. The highest BCUT2D eigenvalue weighted by Crippen LogP contribution is 2.27. The van der Waals surface area contributed by atoms with E-state index in [0.29, 0.717) is 11.5 Å². The molecule has 6 nitrogen and oxygen atoms in total. The van der Waals surface area contributed by atoms with Crippen LogP contribution < -0.4 is 5.32 Å². The summed E-state index contributed by atoms with van der Waals surface area (Å²) in [5, 5.41) is 13.9. The van der Waals surface area contributed by atoms with E-state index < -0.39 is 0 Å². The maximum atomic E-state index is 12.6. The molecule has 3 heterocycles. The molecule has 1 aromatic heterocycles. The van der Waals surface area contributed by atoms with Crippen LogP contribution in [0.4, 0.5) is 0 Å². The zero-order valence-electron chi connectivity index (χ0n) is 11.2. The lowest BCUT2D eigenvalue weighted by atomic mass is 9.88. The number of piperidine rings is 1. The van der Waals surface area contributed by atoms with E-state index >= 15 is 0 Å². The van der Waals surface area contributed by atoms with Crippen molar-refractivity contribution in [1.29, 1.82) is 0 Å². The van der Waals surface area contributed by atoms with Crippen molar-refractivity contribution in [3.63, 3.8) is 0 Å². The molecule has 2 atom stereocenters. The van der Waals surface area contributed by atoms with E-state index in [1.54, 1.807) is 0 Å². The largest absolute Gasteiger partial charge is 0.338 e. The van der Waals surface area contributed by atoms with Crippen molar-refractivity contribution in [1.82, 2.24) is 25.6 Å². The molecule has 1 aromatic carbocycles. The number of nitrogens with zero attached hydrogens (tertiary/aromatic N) is 3. The van der Waals surface area contributed by atoms with Gasteiger partial charge in [0.2, 0.25) is 0 Å². The Kier molecular flexibility index (Phi) is 2.70. The van der Waals surface area contributed by atoms with Crippen LogP contribution >= 0.6 is 0 Å². The number of hydrogen-bond donors (Lipinski definition) is 2. The van der Waals surface area contributed by atoms with Gasteiger partial charge >= 0.3 is 0 Å². The van der Waals surface area contributed by atoms with Gasteiger partial charge in [-0.3, -0.25) is 9.89 Å². The molecule has 2 aromatic rings. The molecule has 6 heteroatoms. The number of carbonyl (C=O) groups is 1. The molecule has 0 saturated carbocycles. The molecule has 1 amide bonds. The predicted octanol–water partition coefficient (Wildman–Crippen LogP) is 0.639. The van der Waals surface area contributed by atoms with Gasteiger partial charge in [0, 0.05) is 18.7 Å². The number of likely N-dealkylation sites (tertiary alicyclic amines) is 1. The first kappa shape index (κ1) is 11.8. The molecule has 0 spiro atoms. The van der Waals surface area contributed by atoms with Crippen molar-refractivity contribution in [3.8, 4) is 0 Å². The molecule has 2 saturated heterocycles. The Hall–Kier alpha value is -1.95. The van der Waals surface area contributed by atoms with Gasteiger partial charge in [0.25, 0.3) is 5.91 Å². The number of hydrogen-bond acceptors (Lipinski definition) is 4. The third-order valence-electron chi connectivity index (χ3n) is 4.56. The number of aromatic amines is 1. The van der Waals surface area contributed by atoms with Crippen LogP contribution in [0.15, 0.2) is 18.2 Å². The average Bonchev–Trinajstić information content (AvgIpc) is 3.13. The second-order valence-corrected chi connectivity index (χ2v) is 5.76. The Morgan fingerprint density at radius 3 is 3.15 bits per heavy atom. The van der Waals surface area contributed by atoms with E-state index in [9.17, 15) is 4.79 Å². The van der Waals surface area contributed by atoms with Crippen LogP contribution in [0, 0.1) is 11.8 Å². The molecule has 2 aliphatic heterocycles. The number of fused-ring (bicyclic) bond motifs is 2. The summed E-state index contributed by atoms with van der Waals surface area (Å²) in [6, 6.07) is 5.54. The fraction of sp³-hybridized carbons (Fsp3) is 0.500. The van der Waals surface area contributed by atoms with Crippen LogP contribution in [-0.2, 0) is 0 Å². The molecule has 0 radical (unpaired) electrons. The van der Waals surface area contributed by atoms with E-state index in [2.05, 4.69) is 20.7 Å². The third-order valence-corrected chi connectivity index (χ3v) is 4.56. The number of rotatable bonds is 1. The normalized spacial score (nSPS) is 25.9. The zero-order valence-corrected chi connectivity index (χ0v) is 11.2. The van der Waals surface area contributed by atoms with Crippen LogP contribution in [-0.4, -0.2) is 52.4 Å². The van der Waals surface area contributed by atoms with Crippen LogP contribution in [0.5, 0.6) is 0 Å². The minimum Gasteiger partial charge on any atom is -0.338 e. The second kappa shape index (κ2) is 4.56. The first-order chi connectivity index (χ1) is 9.81. The SMILES string of the molecule is O=C(c1ccc2[nH]nnc2c1)N1CC[C@H]2CNC[C@@H]2C1. The zero-order chi connectivity index (χ0) is 13.5. The van der Waals surface area contributed by atoms with Gasteiger partial charge in [-0.15, -0.1) is 5.10 Å². The topological polar surface area (TPSA) is 73.9 Å². The molecule has 2 N–H and O–H groups in total.